The van der Waals surface area contributed by atoms with E-state index in [9.17, 15) is 8.42 Å². The van der Waals surface area contributed by atoms with Gasteiger partial charge in [0.2, 0.25) is 0 Å². The molecule has 0 fully saturated rings. The Labute approximate surface area is 101 Å². The number of benzene rings is 1. The lowest BCUT2D eigenvalue weighted by molar-refractivity contribution is 0.203. The third-order valence-electron chi connectivity index (χ3n) is 2.40. The van der Waals surface area contributed by atoms with Crippen LogP contribution in [0.4, 0.5) is 5.69 Å². The van der Waals surface area contributed by atoms with Crippen LogP contribution in [0.25, 0.3) is 0 Å². The van der Waals surface area contributed by atoms with Gasteiger partial charge in [-0.25, -0.2) is 8.42 Å². The van der Waals surface area contributed by atoms with Crippen LogP contribution in [-0.4, -0.2) is 43.6 Å². The van der Waals surface area contributed by atoms with E-state index in [1.807, 2.05) is 0 Å². The molecule has 6 heteroatoms. The molecule has 0 aliphatic heterocycles. The topological polar surface area (TPSA) is 86.6 Å². The fourth-order valence-corrected chi connectivity index (χ4v) is 2.44. The van der Waals surface area contributed by atoms with Crippen molar-refractivity contribution in [3.8, 4) is 0 Å². The predicted molar refractivity (Wildman–Crippen MR) is 65.8 cm³/mol. The molecule has 0 spiro atoms. The van der Waals surface area contributed by atoms with E-state index in [1.54, 1.807) is 25.1 Å². The summed E-state index contributed by atoms with van der Waals surface area (Å²) in [7, 11) is -3.32. The lowest BCUT2D eigenvalue weighted by Gasteiger charge is -2.17. The molecule has 0 aliphatic carbocycles. The molecule has 0 unspecified atom stereocenters. The Hall–Kier alpha value is -1.11. The Morgan fingerprint density at radius 1 is 1.24 bits per heavy atom. The SMILES string of the molecule is CCS(=O)(=O)c1ccccc1NC(CO)CO. The standard InChI is InChI=1S/C11H17NO4S/c1-2-17(15,16)11-6-4-3-5-10(11)12-9(7-13)8-14/h3-6,9,12-14H,2,7-8H2,1H3. The van der Waals surface area contributed by atoms with Crippen LogP contribution >= 0.6 is 0 Å². The highest BCUT2D eigenvalue weighted by Crippen LogP contribution is 2.22. The van der Waals surface area contributed by atoms with Crippen molar-refractivity contribution in [2.24, 2.45) is 0 Å². The van der Waals surface area contributed by atoms with Gasteiger partial charge < -0.3 is 15.5 Å². The van der Waals surface area contributed by atoms with Gasteiger partial charge in [0.1, 0.15) is 0 Å². The molecule has 1 rings (SSSR count). The summed E-state index contributed by atoms with van der Waals surface area (Å²) in [5.74, 6) is 0.00854. The van der Waals surface area contributed by atoms with Crippen molar-refractivity contribution in [1.29, 1.82) is 0 Å². The monoisotopic (exact) mass is 259 g/mol. The van der Waals surface area contributed by atoms with Crippen LogP contribution in [0.2, 0.25) is 0 Å². The van der Waals surface area contributed by atoms with Gasteiger partial charge >= 0.3 is 0 Å². The highest BCUT2D eigenvalue weighted by Gasteiger charge is 2.17. The lowest BCUT2D eigenvalue weighted by Crippen LogP contribution is -2.28. The van der Waals surface area contributed by atoms with Gasteiger partial charge in [-0.05, 0) is 12.1 Å². The van der Waals surface area contributed by atoms with Gasteiger partial charge in [-0.1, -0.05) is 19.1 Å². The first-order chi connectivity index (χ1) is 8.05. The normalized spacial score (nSPS) is 11.8. The zero-order valence-electron chi connectivity index (χ0n) is 9.63. The largest absolute Gasteiger partial charge is 0.394 e. The fraction of sp³-hybridized carbons (Fsp3) is 0.455. The van der Waals surface area contributed by atoms with Crippen molar-refractivity contribution >= 4 is 15.5 Å². The van der Waals surface area contributed by atoms with Crippen molar-refractivity contribution in [2.45, 2.75) is 17.9 Å². The molecule has 0 aromatic heterocycles. The van der Waals surface area contributed by atoms with Gasteiger partial charge in [-0.3, -0.25) is 0 Å². The van der Waals surface area contributed by atoms with Crippen LogP contribution < -0.4 is 5.32 Å². The molecule has 0 aliphatic rings. The quantitative estimate of drug-likeness (QED) is 0.681. The van der Waals surface area contributed by atoms with E-state index in [0.717, 1.165) is 0 Å². The third-order valence-corrected chi connectivity index (χ3v) is 4.19. The molecule has 0 heterocycles. The second kappa shape index (κ2) is 6.00. The molecule has 0 amide bonds. The van der Waals surface area contributed by atoms with Crippen molar-refractivity contribution in [1.82, 2.24) is 0 Å². The summed E-state index contributed by atoms with van der Waals surface area (Å²) < 4.78 is 23.6. The van der Waals surface area contributed by atoms with Crippen LogP contribution in [0.1, 0.15) is 6.92 Å². The predicted octanol–water partition coefficient (Wildman–Crippen LogP) is 0.245. The minimum Gasteiger partial charge on any atom is -0.394 e. The summed E-state index contributed by atoms with van der Waals surface area (Å²) in [4.78, 5) is 0.189. The molecule has 96 valence electrons. The van der Waals surface area contributed by atoms with E-state index in [2.05, 4.69) is 5.32 Å². The Morgan fingerprint density at radius 2 is 1.82 bits per heavy atom. The number of aliphatic hydroxyl groups excluding tert-OH is 2. The maximum Gasteiger partial charge on any atom is 0.180 e. The van der Waals surface area contributed by atoms with Crippen molar-refractivity contribution in [3.63, 3.8) is 0 Å². The van der Waals surface area contributed by atoms with Crippen molar-refractivity contribution in [3.05, 3.63) is 24.3 Å². The van der Waals surface area contributed by atoms with Gasteiger partial charge in [0.15, 0.2) is 9.84 Å². The zero-order valence-corrected chi connectivity index (χ0v) is 10.4. The van der Waals surface area contributed by atoms with E-state index in [0.29, 0.717) is 5.69 Å². The number of nitrogens with one attached hydrogen (secondary N) is 1. The number of anilines is 1. The van der Waals surface area contributed by atoms with Crippen LogP contribution in [0.3, 0.4) is 0 Å². The van der Waals surface area contributed by atoms with Crippen LogP contribution in [0.15, 0.2) is 29.2 Å². The summed E-state index contributed by atoms with van der Waals surface area (Å²) in [6, 6.07) is 5.89. The molecule has 0 saturated heterocycles. The van der Waals surface area contributed by atoms with E-state index < -0.39 is 15.9 Å². The zero-order chi connectivity index (χ0) is 12.9. The third kappa shape index (κ3) is 3.42. The molecule has 0 atom stereocenters. The summed E-state index contributed by atoms with van der Waals surface area (Å²) >= 11 is 0. The molecular weight excluding hydrogens is 242 g/mol. The molecule has 0 radical (unpaired) electrons. The number of aliphatic hydroxyl groups is 2. The Balaban J connectivity index is 3.09. The molecule has 17 heavy (non-hydrogen) atoms. The van der Waals surface area contributed by atoms with Crippen LogP contribution in [-0.2, 0) is 9.84 Å². The summed E-state index contributed by atoms with van der Waals surface area (Å²) in [6.45, 7) is 1.04. The fourth-order valence-electron chi connectivity index (χ4n) is 1.38. The maximum atomic E-state index is 11.8. The summed E-state index contributed by atoms with van der Waals surface area (Å²) in [6.07, 6.45) is 0. The Bertz CT molecular complexity index is 454. The highest BCUT2D eigenvalue weighted by molar-refractivity contribution is 7.91. The molecule has 0 bridgehead atoms. The van der Waals surface area contributed by atoms with Gasteiger partial charge in [0, 0.05) is 0 Å². The smallest absolute Gasteiger partial charge is 0.180 e. The average molecular weight is 259 g/mol. The molecule has 1 aromatic rings. The maximum absolute atomic E-state index is 11.8. The molecule has 0 saturated carbocycles. The number of hydrogen-bond donors (Lipinski definition) is 3. The lowest BCUT2D eigenvalue weighted by atomic mass is 10.2. The van der Waals surface area contributed by atoms with Crippen LogP contribution in [0.5, 0.6) is 0 Å². The molecule has 1 aromatic carbocycles. The van der Waals surface area contributed by atoms with Crippen molar-refractivity contribution < 1.29 is 18.6 Å². The number of para-hydroxylation sites is 1. The first-order valence-electron chi connectivity index (χ1n) is 5.35. The molecule has 5 nitrogen and oxygen atoms in total. The van der Waals surface area contributed by atoms with E-state index in [4.69, 9.17) is 10.2 Å². The average Bonchev–Trinajstić information content (AvgIpc) is 2.36. The first-order valence-corrected chi connectivity index (χ1v) is 7.00. The Morgan fingerprint density at radius 3 is 2.35 bits per heavy atom. The number of sulfone groups is 1. The van der Waals surface area contributed by atoms with E-state index in [1.165, 1.54) is 6.07 Å². The summed E-state index contributed by atoms with van der Waals surface area (Å²) in [5, 5.41) is 20.7. The van der Waals surface area contributed by atoms with Crippen LogP contribution in [0, 0.1) is 0 Å². The highest BCUT2D eigenvalue weighted by atomic mass is 32.2. The Kier molecular flexibility index (Phi) is 4.92. The minimum absolute atomic E-state index is 0.00854. The second-order valence-corrected chi connectivity index (χ2v) is 5.85. The second-order valence-electron chi connectivity index (χ2n) is 3.61. The van der Waals surface area contributed by atoms with Gasteiger partial charge in [0.05, 0.1) is 35.6 Å². The molecular formula is C11H17NO4S. The van der Waals surface area contributed by atoms with E-state index in [-0.39, 0.29) is 23.9 Å². The van der Waals surface area contributed by atoms with E-state index >= 15 is 0 Å². The minimum atomic E-state index is -3.32. The number of rotatable bonds is 6. The van der Waals surface area contributed by atoms with Gasteiger partial charge in [-0.15, -0.1) is 0 Å². The van der Waals surface area contributed by atoms with Gasteiger partial charge in [-0.2, -0.15) is 0 Å². The van der Waals surface area contributed by atoms with Gasteiger partial charge in [0.25, 0.3) is 0 Å². The van der Waals surface area contributed by atoms with Crippen molar-refractivity contribution in [2.75, 3.05) is 24.3 Å². The first kappa shape index (κ1) is 14.0. The number of hydrogen-bond acceptors (Lipinski definition) is 5. The molecule has 3 N–H and O–H groups in total. The summed E-state index contributed by atoms with van der Waals surface area (Å²) in [5.41, 5.74) is 0.405.